The van der Waals surface area contributed by atoms with E-state index in [1.54, 1.807) is 0 Å². The summed E-state index contributed by atoms with van der Waals surface area (Å²) in [6.07, 6.45) is 2.65. The first-order valence-electron chi connectivity index (χ1n) is 6.49. The molecule has 0 aliphatic carbocycles. The van der Waals surface area contributed by atoms with Gasteiger partial charge in [-0.3, -0.25) is 0 Å². The van der Waals surface area contributed by atoms with Crippen molar-refractivity contribution in [2.75, 3.05) is 11.5 Å². The van der Waals surface area contributed by atoms with Gasteiger partial charge in [0.25, 0.3) is 0 Å². The molecule has 2 rings (SSSR count). The molecule has 1 aliphatic rings. The highest BCUT2D eigenvalue weighted by Gasteiger charge is 2.33. The van der Waals surface area contributed by atoms with E-state index >= 15 is 0 Å². The van der Waals surface area contributed by atoms with Gasteiger partial charge < -0.3 is 0 Å². The lowest BCUT2D eigenvalue weighted by Gasteiger charge is -2.38. The molecule has 0 aromatic heterocycles. The fraction of sp³-hybridized carbons (Fsp3) is 0.600. The maximum atomic E-state index is 2.34. The van der Waals surface area contributed by atoms with E-state index in [0.29, 0.717) is 10.00 Å². The van der Waals surface area contributed by atoms with Crippen LogP contribution in [0.15, 0.2) is 24.3 Å². The quantitative estimate of drug-likeness (QED) is 0.730. The summed E-state index contributed by atoms with van der Waals surface area (Å²) in [6, 6.07) is 9.06. The summed E-state index contributed by atoms with van der Waals surface area (Å²) in [4.78, 5) is 0. The zero-order valence-electron chi connectivity index (χ0n) is 11.0. The first kappa shape index (κ1) is 13.4. The monoisotopic (exact) mass is 266 g/mol. The number of rotatable bonds is 3. The summed E-state index contributed by atoms with van der Waals surface area (Å²) < 4.78 is 0.654. The Balaban J connectivity index is 2.01. The standard InChI is InChI=1S/C15H22S2/c1-4-15(5-2)10-16-14(17-11-15)13-8-6-12(3)7-9-13/h6-9,14H,4-5,10-11H2,1-3H3. The van der Waals surface area contributed by atoms with Crippen LogP contribution in [0.5, 0.6) is 0 Å². The second-order valence-electron chi connectivity index (χ2n) is 5.07. The molecule has 0 bridgehead atoms. The lowest BCUT2D eigenvalue weighted by molar-refractivity contribution is 0.354. The Morgan fingerprint density at radius 3 is 2.06 bits per heavy atom. The summed E-state index contributed by atoms with van der Waals surface area (Å²) in [5, 5.41) is 0. The van der Waals surface area contributed by atoms with Crippen LogP contribution in [0.4, 0.5) is 0 Å². The Kier molecular flexibility index (Phi) is 4.48. The first-order chi connectivity index (χ1) is 8.19. The molecule has 0 N–H and O–H groups in total. The van der Waals surface area contributed by atoms with Crippen LogP contribution in [0.25, 0.3) is 0 Å². The minimum absolute atomic E-state index is 0.594. The van der Waals surface area contributed by atoms with Gasteiger partial charge in [0.2, 0.25) is 0 Å². The summed E-state index contributed by atoms with van der Waals surface area (Å²) in [5.41, 5.74) is 3.44. The molecule has 0 atom stereocenters. The summed E-state index contributed by atoms with van der Waals surface area (Å²) in [6.45, 7) is 6.85. The third-order valence-corrected chi connectivity index (χ3v) is 7.46. The minimum atomic E-state index is 0.594. The average Bonchev–Trinajstić information content (AvgIpc) is 2.40. The highest BCUT2D eigenvalue weighted by Crippen LogP contribution is 2.51. The van der Waals surface area contributed by atoms with Gasteiger partial charge in [0, 0.05) is 11.5 Å². The zero-order valence-corrected chi connectivity index (χ0v) is 12.7. The molecule has 1 aliphatic heterocycles. The van der Waals surface area contributed by atoms with E-state index in [4.69, 9.17) is 0 Å². The van der Waals surface area contributed by atoms with Gasteiger partial charge in [-0.25, -0.2) is 0 Å². The predicted octanol–water partition coefficient (Wildman–Crippen LogP) is 5.28. The van der Waals surface area contributed by atoms with E-state index in [-0.39, 0.29) is 0 Å². The van der Waals surface area contributed by atoms with Gasteiger partial charge in [0.15, 0.2) is 0 Å². The lowest BCUT2D eigenvalue weighted by atomic mass is 9.87. The summed E-state index contributed by atoms with van der Waals surface area (Å²) in [5.74, 6) is 2.65. The molecule has 94 valence electrons. The third kappa shape index (κ3) is 3.03. The predicted molar refractivity (Wildman–Crippen MR) is 81.9 cm³/mol. The number of hydrogen-bond acceptors (Lipinski definition) is 2. The number of benzene rings is 1. The van der Waals surface area contributed by atoms with Gasteiger partial charge in [-0.2, -0.15) is 0 Å². The van der Waals surface area contributed by atoms with Crippen molar-refractivity contribution in [3.05, 3.63) is 35.4 Å². The molecule has 1 aromatic carbocycles. The second kappa shape index (κ2) is 5.71. The maximum absolute atomic E-state index is 2.34. The zero-order chi connectivity index (χ0) is 12.3. The van der Waals surface area contributed by atoms with Crippen LogP contribution >= 0.6 is 23.5 Å². The third-order valence-electron chi connectivity index (χ3n) is 3.93. The van der Waals surface area contributed by atoms with E-state index in [0.717, 1.165) is 0 Å². The van der Waals surface area contributed by atoms with Crippen molar-refractivity contribution in [3.63, 3.8) is 0 Å². The fourth-order valence-electron chi connectivity index (χ4n) is 2.17. The van der Waals surface area contributed by atoms with Crippen molar-refractivity contribution < 1.29 is 0 Å². The fourth-order valence-corrected chi connectivity index (χ4v) is 5.82. The summed E-state index contributed by atoms with van der Waals surface area (Å²) >= 11 is 4.28. The average molecular weight is 266 g/mol. The molecule has 17 heavy (non-hydrogen) atoms. The van der Waals surface area contributed by atoms with Gasteiger partial charge >= 0.3 is 0 Å². The number of thioether (sulfide) groups is 2. The molecule has 0 unspecified atom stereocenters. The van der Waals surface area contributed by atoms with Crippen LogP contribution in [-0.2, 0) is 0 Å². The van der Waals surface area contributed by atoms with Crippen LogP contribution in [0, 0.1) is 12.3 Å². The van der Waals surface area contributed by atoms with Crippen molar-refractivity contribution in [2.24, 2.45) is 5.41 Å². The Morgan fingerprint density at radius 2 is 1.59 bits per heavy atom. The van der Waals surface area contributed by atoms with Crippen LogP contribution in [-0.4, -0.2) is 11.5 Å². The van der Waals surface area contributed by atoms with Crippen molar-refractivity contribution in [2.45, 2.75) is 38.2 Å². The van der Waals surface area contributed by atoms with Crippen LogP contribution in [0.1, 0.15) is 42.4 Å². The molecule has 0 radical (unpaired) electrons. The molecular weight excluding hydrogens is 244 g/mol. The van der Waals surface area contributed by atoms with Gasteiger partial charge in [-0.05, 0) is 30.7 Å². The van der Waals surface area contributed by atoms with Gasteiger partial charge in [-0.15, -0.1) is 23.5 Å². The lowest BCUT2D eigenvalue weighted by Crippen LogP contribution is -2.29. The maximum Gasteiger partial charge on any atom is 0.0751 e. The number of hydrogen-bond donors (Lipinski definition) is 0. The Labute approximate surface area is 114 Å². The van der Waals surface area contributed by atoms with E-state index < -0.39 is 0 Å². The molecule has 1 fully saturated rings. The van der Waals surface area contributed by atoms with Crippen molar-refractivity contribution in [1.29, 1.82) is 0 Å². The normalized spacial score (nSPS) is 20.4. The molecule has 1 aromatic rings. The van der Waals surface area contributed by atoms with Gasteiger partial charge in [-0.1, -0.05) is 43.7 Å². The van der Waals surface area contributed by atoms with Gasteiger partial charge in [0.05, 0.1) is 4.58 Å². The minimum Gasteiger partial charge on any atom is -0.142 e. The van der Waals surface area contributed by atoms with E-state index in [9.17, 15) is 0 Å². The van der Waals surface area contributed by atoms with E-state index in [1.165, 1.54) is 35.5 Å². The van der Waals surface area contributed by atoms with Crippen LogP contribution in [0.2, 0.25) is 0 Å². The first-order valence-corrected chi connectivity index (χ1v) is 8.58. The number of aryl methyl sites for hydroxylation is 1. The molecular formula is C15H22S2. The SMILES string of the molecule is CCC1(CC)CSC(c2ccc(C)cc2)SC1. The summed E-state index contributed by atoms with van der Waals surface area (Å²) in [7, 11) is 0. The highest BCUT2D eigenvalue weighted by atomic mass is 32.2. The van der Waals surface area contributed by atoms with E-state index in [2.05, 4.69) is 68.6 Å². The Morgan fingerprint density at radius 1 is 1.06 bits per heavy atom. The Hall–Kier alpha value is -0.0800. The van der Waals surface area contributed by atoms with Crippen molar-refractivity contribution in [3.8, 4) is 0 Å². The molecule has 1 saturated heterocycles. The van der Waals surface area contributed by atoms with Crippen LogP contribution in [0.3, 0.4) is 0 Å². The Bertz CT molecular complexity index is 342. The topological polar surface area (TPSA) is 0 Å². The van der Waals surface area contributed by atoms with Crippen molar-refractivity contribution >= 4 is 23.5 Å². The van der Waals surface area contributed by atoms with Crippen molar-refractivity contribution in [1.82, 2.24) is 0 Å². The molecule has 2 heteroatoms. The smallest absolute Gasteiger partial charge is 0.0751 e. The largest absolute Gasteiger partial charge is 0.142 e. The molecule has 0 nitrogen and oxygen atoms in total. The van der Waals surface area contributed by atoms with E-state index in [1.807, 2.05) is 0 Å². The molecule has 0 saturated carbocycles. The van der Waals surface area contributed by atoms with Gasteiger partial charge in [0.1, 0.15) is 0 Å². The highest BCUT2D eigenvalue weighted by molar-refractivity contribution is 8.17. The molecule has 1 heterocycles. The van der Waals surface area contributed by atoms with Crippen LogP contribution < -0.4 is 0 Å². The molecule has 0 amide bonds. The second-order valence-corrected chi connectivity index (χ2v) is 7.56. The molecule has 0 spiro atoms.